The average Bonchev–Trinajstić information content (AvgIpc) is 2.95. The van der Waals surface area contributed by atoms with E-state index in [0.29, 0.717) is 0 Å². The molecule has 22 heavy (non-hydrogen) atoms. The van der Waals surface area contributed by atoms with Gasteiger partial charge in [0.15, 0.2) is 0 Å². The summed E-state index contributed by atoms with van der Waals surface area (Å²) in [5.74, 6) is 1.20. The first-order chi connectivity index (χ1) is 10.3. The lowest BCUT2D eigenvalue weighted by Gasteiger charge is -2.39. The molecule has 0 N–H and O–H groups in total. The molecule has 0 saturated heterocycles. The largest absolute Gasteiger partial charge is 0.469 e. The van der Waals surface area contributed by atoms with Crippen molar-refractivity contribution in [2.75, 3.05) is 7.11 Å². The number of imidazole rings is 1. The fourth-order valence-corrected chi connectivity index (χ4v) is 4.02. The first-order valence-electron chi connectivity index (χ1n) is 7.82. The Balaban J connectivity index is 2.09. The molecule has 2 unspecified atom stereocenters. The van der Waals surface area contributed by atoms with Crippen LogP contribution in [0, 0.1) is 10.8 Å². The van der Waals surface area contributed by atoms with E-state index >= 15 is 0 Å². The highest BCUT2D eigenvalue weighted by Crippen LogP contribution is 2.60. The number of aryl methyl sites for hydroxylation is 1. The van der Waals surface area contributed by atoms with E-state index < -0.39 is 5.41 Å². The summed E-state index contributed by atoms with van der Waals surface area (Å²) in [6, 6.07) is 8.18. The van der Waals surface area contributed by atoms with Crippen molar-refractivity contribution in [3.05, 3.63) is 30.1 Å². The van der Waals surface area contributed by atoms with E-state index in [4.69, 9.17) is 9.72 Å². The lowest BCUT2D eigenvalue weighted by Crippen LogP contribution is -2.41. The summed E-state index contributed by atoms with van der Waals surface area (Å²) in [5, 5.41) is 0. The minimum Gasteiger partial charge on any atom is -0.469 e. The number of benzene rings is 1. The van der Waals surface area contributed by atoms with Gasteiger partial charge < -0.3 is 9.30 Å². The number of esters is 1. The van der Waals surface area contributed by atoms with E-state index in [9.17, 15) is 4.79 Å². The van der Waals surface area contributed by atoms with Gasteiger partial charge in [-0.15, -0.1) is 0 Å². The van der Waals surface area contributed by atoms with Gasteiger partial charge in [0.25, 0.3) is 0 Å². The van der Waals surface area contributed by atoms with E-state index in [0.717, 1.165) is 29.7 Å². The Hall–Kier alpha value is -1.84. The maximum atomic E-state index is 12.3. The van der Waals surface area contributed by atoms with Crippen LogP contribution in [0.1, 0.15) is 45.4 Å². The summed E-state index contributed by atoms with van der Waals surface area (Å²) in [5.41, 5.74) is 1.49. The average molecular weight is 300 g/mol. The van der Waals surface area contributed by atoms with Gasteiger partial charge in [0, 0.05) is 13.0 Å². The van der Waals surface area contributed by atoms with Crippen LogP contribution in [0.25, 0.3) is 11.0 Å². The molecule has 1 aliphatic carbocycles. The third-order valence-corrected chi connectivity index (χ3v) is 6.00. The Morgan fingerprint density at radius 2 is 2.00 bits per heavy atom. The van der Waals surface area contributed by atoms with Gasteiger partial charge in [-0.05, 0) is 37.3 Å². The molecule has 1 aromatic carbocycles. The fraction of sp³-hybridized carbons (Fsp3) is 0.556. The van der Waals surface area contributed by atoms with E-state index in [1.807, 2.05) is 25.1 Å². The Labute approximate surface area is 131 Å². The minimum atomic E-state index is -0.468. The van der Waals surface area contributed by atoms with Gasteiger partial charge >= 0.3 is 5.97 Å². The third-order valence-electron chi connectivity index (χ3n) is 6.00. The van der Waals surface area contributed by atoms with Gasteiger partial charge in [0.1, 0.15) is 5.82 Å². The predicted molar refractivity (Wildman–Crippen MR) is 86.6 cm³/mol. The van der Waals surface area contributed by atoms with Gasteiger partial charge in [0.2, 0.25) is 0 Å². The molecule has 4 heteroatoms. The molecule has 1 aliphatic rings. The van der Waals surface area contributed by atoms with E-state index in [-0.39, 0.29) is 17.3 Å². The maximum absolute atomic E-state index is 12.3. The van der Waals surface area contributed by atoms with Crippen molar-refractivity contribution < 1.29 is 9.53 Å². The van der Waals surface area contributed by atoms with Crippen LogP contribution >= 0.6 is 0 Å². The molecule has 2 aromatic rings. The van der Waals surface area contributed by atoms with Crippen molar-refractivity contribution in [1.82, 2.24) is 9.55 Å². The highest BCUT2D eigenvalue weighted by molar-refractivity contribution is 5.79. The van der Waals surface area contributed by atoms with Crippen molar-refractivity contribution in [3.63, 3.8) is 0 Å². The number of fused-ring (bicyclic) bond motifs is 1. The molecule has 1 heterocycles. The van der Waals surface area contributed by atoms with Crippen molar-refractivity contribution in [2.45, 2.75) is 39.5 Å². The second-order valence-corrected chi connectivity index (χ2v) is 7.15. The van der Waals surface area contributed by atoms with Crippen LogP contribution in [0.4, 0.5) is 0 Å². The smallest absolute Gasteiger partial charge is 0.312 e. The Bertz CT molecular complexity index is 732. The molecule has 1 fully saturated rings. The quantitative estimate of drug-likeness (QED) is 0.795. The van der Waals surface area contributed by atoms with E-state index in [1.165, 1.54) is 7.11 Å². The summed E-state index contributed by atoms with van der Waals surface area (Å²) in [4.78, 5) is 17.2. The zero-order chi connectivity index (χ0) is 16.1. The number of para-hydroxylation sites is 2. The third kappa shape index (κ3) is 1.82. The zero-order valence-electron chi connectivity index (χ0n) is 14.0. The van der Waals surface area contributed by atoms with Crippen LogP contribution in [-0.4, -0.2) is 22.6 Å². The molecule has 0 spiro atoms. The zero-order valence-corrected chi connectivity index (χ0v) is 14.0. The number of hydrogen-bond donors (Lipinski definition) is 0. The molecule has 0 bridgehead atoms. The van der Waals surface area contributed by atoms with Crippen LogP contribution in [0.5, 0.6) is 0 Å². The number of methoxy groups -OCH3 is 1. The predicted octanol–water partition coefficient (Wildman–Crippen LogP) is 3.66. The molecule has 0 aliphatic heterocycles. The molecular weight excluding hydrogens is 276 g/mol. The first kappa shape index (κ1) is 15.1. The highest BCUT2D eigenvalue weighted by atomic mass is 16.5. The number of nitrogens with zero attached hydrogens (tertiary/aromatic N) is 2. The van der Waals surface area contributed by atoms with Gasteiger partial charge in [-0.25, -0.2) is 4.98 Å². The highest BCUT2D eigenvalue weighted by Gasteiger charge is 2.58. The van der Waals surface area contributed by atoms with Gasteiger partial charge in [-0.2, -0.15) is 0 Å². The maximum Gasteiger partial charge on any atom is 0.312 e. The molecule has 1 aromatic heterocycles. The van der Waals surface area contributed by atoms with E-state index in [1.54, 1.807) is 0 Å². The monoisotopic (exact) mass is 300 g/mol. The summed E-state index contributed by atoms with van der Waals surface area (Å²) in [7, 11) is 3.54. The molecular formula is C18H24N2O2. The summed E-state index contributed by atoms with van der Waals surface area (Å²) in [6.45, 7) is 6.36. The second-order valence-electron chi connectivity index (χ2n) is 7.15. The number of aromatic nitrogens is 2. The van der Waals surface area contributed by atoms with Crippen molar-refractivity contribution in [3.8, 4) is 0 Å². The molecule has 118 valence electrons. The minimum absolute atomic E-state index is 0.112. The fourth-order valence-electron chi connectivity index (χ4n) is 4.02. The first-order valence-corrected chi connectivity index (χ1v) is 7.82. The number of hydrogen-bond acceptors (Lipinski definition) is 3. The molecule has 3 rings (SSSR count). The van der Waals surface area contributed by atoms with Gasteiger partial charge in [-0.3, -0.25) is 4.79 Å². The Morgan fingerprint density at radius 1 is 1.32 bits per heavy atom. The van der Waals surface area contributed by atoms with Crippen LogP contribution < -0.4 is 0 Å². The number of rotatable bonds is 2. The molecule has 0 radical (unpaired) electrons. The summed E-state index contributed by atoms with van der Waals surface area (Å²) >= 11 is 0. The normalized spacial score (nSPS) is 27.2. The van der Waals surface area contributed by atoms with E-state index in [2.05, 4.69) is 31.5 Å². The lowest BCUT2D eigenvalue weighted by atomic mass is 9.65. The Kier molecular flexibility index (Phi) is 3.31. The number of carbonyl (C=O) groups is 1. The summed E-state index contributed by atoms with van der Waals surface area (Å²) in [6.07, 6.45) is 1.79. The van der Waals surface area contributed by atoms with Crippen molar-refractivity contribution >= 4 is 17.0 Å². The topological polar surface area (TPSA) is 44.1 Å². The standard InChI is InChI=1S/C18H24N2O2/c1-17(2)12(10-11-18(17,3)16(21)22-5)15-19-13-8-6-7-9-14(13)20(15)4/h6-9,12H,10-11H2,1-5H3. The SMILES string of the molecule is COC(=O)C1(C)CCC(c2nc3ccccc3n2C)C1(C)C. The summed E-state index contributed by atoms with van der Waals surface area (Å²) < 4.78 is 7.25. The van der Waals surface area contributed by atoms with Crippen molar-refractivity contribution in [2.24, 2.45) is 17.9 Å². The second kappa shape index (κ2) is 4.83. The van der Waals surface area contributed by atoms with Gasteiger partial charge in [0.05, 0.1) is 23.6 Å². The van der Waals surface area contributed by atoms with Gasteiger partial charge in [-0.1, -0.05) is 26.0 Å². The number of ether oxygens (including phenoxy) is 1. The van der Waals surface area contributed by atoms with Crippen LogP contribution in [-0.2, 0) is 16.6 Å². The van der Waals surface area contributed by atoms with Crippen LogP contribution in [0.3, 0.4) is 0 Å². The van der Waals surface area contributed by atoms with Crippen LogP contribution in [0.2, 0.25) is 0 Å². The van der Waals surface area contributed by atoms with Crippen molar-refractivity contribution in [1.29, 1.82) is 0 Å². The lowest BCUT2D eigenvalue weighted by molar-refractivity contribution is -0.157. The van der Waals surface area contributed by atoms with Crippen LogP contribution in [0.15, 0.2) is 24.3 Å². The number of carbonyl (C=O) groups excluding carboxylic acids is 1. The molecule has 4 nitrogen and oxygen atoms in total. The molecule has 0 amide bonds. The Morgan fingerprint density at radius 3 is 2.64 bits per heavy atom. The molecule has 1 saturated carbocycles. The molecule has 2 atom stereocenters.